The van der Waals surface area contributed by atoms with Gasteiger partial charge in [-0.15, -0.1) is 0 Å². The highest BCUT2D eigenvalue weighted by atomic mass is 16.4. The molecule has 2 rings (SSSR count). The van der Waals surface area contributed by atoms with Gasteiger partial charge in [0, 0.05) is 5.69 Å². The largest absolute Gasteiger partial charge is 0.480 e. The van der Waals surface area contributed by atoms with Crippen LogP contribution in [0.4, 0.5) is 5.95 Å². The summed E-state index contributed by atoms with van der Waals surface area (Å²) in [6.45, 7) is 1.75. The number of hydrogen-bond donors (Lipinski definition) is 2. The third kappa shape index (κ3) is 2.81. The van der Waals surface area contributed by atoms with Gasteiger partial charge in [-0.3, -0.25) is 0 Å². The van der Waals surface area contributed by atoms with Gasteiger partial charge in [-0.1, -0.05) is 19.3 Å². The summed E-state index contributed by atoms with van der Waals surface area (Å²) in [5, 5.41) is 21.3. The van der Waals surface area contributed by atoms with Gasteiger partial charge in [0.05, 0.1) is 0 Å². The number of rotatable bonds is 3. The van der Waals surface area contributed by atoms with Crippen molar-refractivity contribution < 1.29 is 9.90 Å². The van der Waals surface area contributed by atoms with Gasteiger partial charge in [-0.05, 0) is 25.8 Å². The quantitative estimate of drug-likeness (QED) is 0.860. The normalized spacial score (nSPS) is 17.5. The van der Waals surface area contributed by atoms with Crippen molar-refractivity contribution in [1.82, 2.24) is 9.97 Å². The fraction of sp³-hybridized carbons (Fsp3) is 0.538. The van der Waals surface area contributed by atoms with E-state index in [0.29, 0.717) is 18.5 Å². The summed E-state index contributed by atoms with van der Waals surface area (Å²) in [7, 11) is 0. The lowest BCUT2D eigenvalue weighted by Crippen LogP contribution is -2.48. The van der Waals surface area contributed by atoms with Gasteiger partial charge < -0.3 is 10.4 Å². The molecule has 0 aliphatic heterocycles. The molecule has 100 valence electrons. The molecule has 0 bridgehead atoms. The number of anilines is 1. The molecule has 1 aromatic heterocycles. The Hall–Kier alpha value is -2.16. The molecule has 0 atom stereocenters. The van der Waals surface area contributed by atoms with E-state index in [2.05, 4.69) is 15.3 Å². The van der Waals surface area contributed by atoms with Crippen LogP contribution in [0.2, 0.25) is 0 Å². The molecule has 1 heterocycles. The van der Waals surface area contributed by atoms with E-state index >= 15 is 0 Å². The summed E-state index contributed by atoms with van der Waals surface area (Å²) >= 11 is 0. The summed E-state index contributed by atoms with van der Waals surface area (Å²) in [5.41, 5.74) is -0.115. The molecular weight excluding hydrogens is 244 g/mol. The van der Waals surface area contributed by atoms with Gasteiger partial charge in [0.15, 0.2) is 0 Å². The number of carboxylic acid groups (broad SMARTS) is 1. The second-order valence-corrected chi connectivity index (χ2v) is 4.90. The average Bonchev–Trinajstić information content (AvgIpc) is 2.38. The predicted octanol–water partition coefficient (Wildman–Crippen LogP) is 1.86. The molecule has 0 radical (unpaired) electrons. The molecular formula is C13H16N4O2. The minimum absolute atomic E-state index is 0.223. The van der Waals surface area contributed by atoms with E-state index in [9.17, 15) is 9.90 Å². The summed E-state index contributed by atoms with van der Waals surface area (Å²) in [6, 6.07) is 3.52. The van der Waals surface area contributed by atoms with E-state index in [0.717, 1.165) is 19.3 Å². The van der Waals surface area contributed by atoms with Gasteiger partial charge in [-0.25, -0.2) is 14.8 Å². The Labute approximate surface area is 111 Å². The van der Waals surface area contributed by atoms with Crippen LogP contribution in [0.3, 0.4) is 0 Å². The fourth-order valence-corrected chi connectivity index (χ4v) is 2.44. The van der Waals surface area contributed by atoms with Crippen molar-refractivity contribution in [2.45, 2.75) is 44.6 Å². The number of aryl methyl sites for hydroxylation is 1. The zero-order valence-electron chi connectivity index (χ0n) is 10.8. The first kappa shape index (κ1) is 13.3. The molecule has 0 amide bonds. The molecule has 1 aliphatic carbocycles. The number of nitrogens with one attached hydrogen (secondary N) is 1. The van der Waals surface area contributed by atoms with Gasteiger partial charge >= 0.3 is 5.97 Å². The molecule has 2 N–H and O–H groups in total. The summed E-state index contributed by atoms with van der Waals surface area (Å²) < 4.78 is 0. The van der Waals surface area contributed by atoms with Crippen molar-refractivity contribution in [3.8, 4) is 6.07 Å². The van der Waals surface area contributed by atoms with Crippen molar-refractivity contribution in [2.24, 2.45) is 0 Å². The molecule has 6 nitrogen and oxygen atoms in total. The highest BCUT2D eigenvalue weighted by Gasteiger charge is 2.40. The van der Waals surface area contributed by atoms with Crippen LogP contribution in [0, 0.1) is 18.3 Å². The molecule has 1 aliphatic rings. The maximum absolute atomic E-state index is 11.5. The number of nitriles is 1. The van der Waals surface area contributed by atoms with E-state index < -0.39 is 11.5 Å². The van der Waals surface area contributed by atoms with Crippen molar-refractivity contribution >= 4 is 11.9 Å². The molecule has 6 heteroatoms. The second kappa shape index (κ2) is 5.22. The topological polar surface area (TPSA) is 98.9 Å². The van der Waals surface area contributed by atoms with Crippen LogP contribution in [0.15, 0.2) is 6.07 Å². The van der Waals surface area contributed by atoms with Crippen molar-refractivity contribution in [3.05, 3.63) is 17.5 Å². The SMILES string of the molecule is Cc1cc(C#N)nc(NC2(C(=O)O)CCCCC2)n1. The number of nitrogens with zero attached hydrogens (tertiary/aromatic N) is 3. The Kier molecular flexibility index (Phi) is 3.65. The zero-order valence-corrected chi connectivity index (χ0v) is 10.8. The summed E-state index contributed by atoms with van der Waals surface area (Å²) in [6.07, 6.45) is 3.91. The van der Waals surface area contributed by atoms with E-state index in [1.54, 1.807) is 13.0 Å². The lowest BCUT2D eigenvalue weighted by Gasteiger charge is -2.33. The Morgan fingerprint density at radius 3 is 2.68 bits per heavy atom. The Balaban J connectivity index is 2.29. The first-order valence-electron chi connectivity index (χ1n) is 6.33. The predicted molar refractivity (Wildman–Crippen MR) is 68.6 cm³/mol. The number of carboxylic acids is 1. The Morgan fingerprint density at radius 1 is 1.42 bits per heavy atom. The van der Waals surface area contributed by atoms with Crippen LogP contribution < -0.4 is 5.32 Å². The molecule has 0 saturated heterocycles. The zero-order chi connectivity index (χ0) is 13.9. The van der Waals surface area contributed by atoms with Crippen LogP contribution >= 0.6 is 0 Å². The first-order valence-corrected chi connectivity index (χ1v) is 6.33. The van der Waals surface area contributed by atoms with E-state index in [1.807, 2.05) is 6.07 Å². The van der Waals surface area contributed by atoms with Gasteiger partial charge in [0.25, 0.3) is 0 Å². The minimum Gasteiger partial charge on any atom is -0.480 e. The van der Waals surface area contributed by atoms with Crippen LogP contribution in [0.1, 0.15) is 43.5 Å². The second-order valence-electron chi connectivity index (χ2n) is 4.90. The molecule has 1 aromatic rings. The lowest BCUT2D eigenvalue weighted by atomic mass is 9.82. The lowest BCUT2D eigenvalue weighted by molar-refractivity contribution is -0.143. The standard InChI is InChI=1S/C13H16N4O2/c1-9-7-10(8-14)16-12(15-9)17-13(11(18)19)5-3-2-4-6-13/h7H,2-6H2,1H3,(H,18,19)(H,15,16,17). The van der Waals surface area contributed by atoms with Crippen molar-refractivity contribution in [3.63, 3.8) is 0 Å². The Morgan fingerprint density at radius 2 is 2.11 bits per heavy atom. The average molecular weight is 260 g/mol. The molecule has 1 fully saturated rings. The third-order valence-corrected chi connectivity index (χ3v) is 3.44. The molecule has 1 saturated carbocycles. The van der Waals surface area contributed by atoms with Crippen LogP contribution in [-0.4, -0.2) is 26.6 Å². The molecule has 0 unspecified atom stereocenters. The van der Waals surface area contributed by atoms with Crippen LogP contribution in [0.5, 0.6) is 0 Å². The summed E-state index contributed by atoms with van der Waals surface area (Å²) in [4.78, 5) is 19.7. The number of hydrogen-bond acceptors (Lipinski definition) is 5. The number of carbonyl (C=O) groups is 1. The fourth-order valence-electron chi connectivity index (χ4n) is 2.44. The third-order valence-electron chi connectivity index (χ3n) is 3.44. The van der Waals surface area contributed by atoms with Gasteiger partial charge in [-0.2, -0.15) is 5.26 Å². The first-order chi connectivity index (χ1) is 9.05. The van der Waals surface area contributed by atoms with E-state index in [-0.39, 0.29) is 11.6 Å². The molecule has 0 spiro atoms. The van der Waals surface area contributed by atoms with Crippen molar-refractivity contribution in [1.29, 1.82) is 5.26 Å². The van der Waals surface area contributed by atoms with E-state index in [4.69, 9.17) is 5.26 Å². The van der Waals surface area contributed by atoms with Crippen LogP contribution in [-0.2, 0) is 4.79 Å². The Bertz CT molecular complexity index is 530. The maximum atomic E-state index is 11.5. The molecule has 19 heavy (non-hydrogen) atoms. The monoisotopic (exact) mass is 260 g/mol. The highest BCUT2D eigenvalue weighted by Crippen LogP contribution is 2.31. The summed E-state index contributed by atoms with van der Waals surface area (Å²) in [5.74, 6) is -0.656. The smallest absolute Gasteiger partial charge is 0.329 e. The van der Waals surface area contributed by atoms with Gasteiger partial charge in [0.2, 0.25) is 5.95 Å². The van der Waals surface area contributed by atoms with Crippen LogP contribution in [0.25, 0.3) is 0 Å². The van der Waals surface area contributed by atoms with Gasteiger partial charge in [0.1, 0.15) is 17.3 Å². The maximum Gasteiger partial charge on any atom is 0.329 e. The minimum atomic E-state index is -1.00. The number of aromatic nitrogens is 2. The van der Waals surface area contributed by atoms with Crippen molar-refractivity contribution in [2.75, 3.05) is 5.32 Å². The highest BCUT2D eigenvalue weighted by molar-refractivity contribution is 5.82. The molecule has 0 aromatic carbocycles. The van der Waals surface area contributed by atoms with E-state index in [1.165, 1.54) is 0 Å². The number of aliphatic carboxylic acids is 1.